The van der Waals surface area contributed by atoms with Crippen LogP contribution in [0.1, 0.15) is 99.5 Å². The lowest BCUT2D eigenvalue weighted by atomic mass is 9.89. The maximum absolute atomic E-state index is 14.4. The summed E-state index contributed by atoms with van der Waals surface area (Å²) in [6.07, 6.45) is 1.27. The number of azide groups is 1. The van der Waals surface area contributed by atoms with Crippen molar-refractivity contribution >= 4 is 47.2 Å². The van der Waals surface area contributed by atoms with Crippen molar-refractivity contribution in [3.05, 3.63) is 52.4 Å². The number of primary amides is 1. The van der Waals surface area contributed by atoms with Crippen LogP contribution in [0.4, 0.5) is 10.5 Å². The molecule has 0 radical (unpaired) electrons. The van der Waals surface area contributed by atoms with Crippen LogP contribution in [0.15, 0.2) is 41.5 Å². The smallest absolute Gasteiger partial charge is 0.312 e. The number of nitrogens with two attached hydrogens (primary N) is 2. The van der Waals surface area contributed by atoms with E-state index in [0.29, 0.717) is 43.5 Å². The zero-order valence-electron chi connectivity index (χ0n) is 45.6. The third-order valence-corrected chi connectivity index (χ3v) is 13.8. The van der Waals surface area contributed by atoms with E-state index in [9.17, 15) is 39.1 Å². The van der Waals surface area contributed by atoms with Crippen molar-refractivity contribution in [2.24, 2.45) is 40.3 Å². The Kier molecular flexibility index (Phi) is 26.9. The molecule has 0 saturated carbocycles. The number of methoxy groups -OCH3 is 2. The van der Waals surface area contributed by atoms with Crippen LogP contribution in [0.2, 0.25) is 0 Å². The van der Waals surface area contributed by atoms with Gasteiger partial charge in [-0.3, -0.25) is 33.7 Å². The van der Waals surface area contributed by atoms with Gasteiger partial charge in [-0.15, -0.1) is 0 Å². The highest BCUT2D eigenvalue weighted by atomic mass is 16.5. The molecule has 22 heteroatoms. The lowest BCUT2D eigenvalue weighted by molar-refractivity contribution is -0.148. The van der Waals surface area contributed by atoms with Gasteiger partial charge in [0.15, 0.2) is 0 Å². The molecular weight excluding hydrogens is 939 g/mol. The van der Waals surface area contributed by atoms with Gasteiger partial charge in [0.1, 0.15) is 18.1 Å². The first kappa shape index (κ1) is 63.3. The summed E-state index contributed by atoms with van der Waals surface area (Å²) in [5.74, 6) is -3.23. The maximum atomic E-state index is 14.4. The number of likely N-dealkylation sites (N-methyl/N-ethyl adjacent to an activating group) is 2. The molecule has 73 heavy (non-hydrogen) atoms. The predicted octanol–water partition coefficient (Wildman–Crippen LogP) is 3.45. The quantitative estimate of drug-likeness (QED) is 0.0186. The Morgan fingerprint density at radius 2 is 1.56 bits per heavy atom. The third-order valence-electron chi connectivity index (χ3n) is 13.8. The summed E-state index contributed by atoms with van der Waals surface area (Å²) < 4.78 is 12.1. The molecule has 0 bridgehead atoms. The van der Waals surface area contributed by atoms with Crippen molar-refractivity contribution < 1.29 is 43.0 Å². The number of carbonyl (C=O) groups excluding carboxylic acids is 7. The predicted molar refractivity (Wildman–Crippen MR) is 281 cm³/mol. The summed E-state index contributed by atoms with van der Waals surface area (Å²) in [5.41, 5.74) is 21.9. The second kappa shape index (κ2) is 31.1. The molecule has 1 saturated heterocycles. The summed E-state index contributed by atoms with van der Waals surface area (Å²) in [4.78, 5) is 102. The van der Waals surface area contributed by atoms with Crippen LogP contribution in [-0.4, -0.2) is 166 Å². The van der Waals surface area contributed by atoms with Gasteiger partial charge >= 0.3 is 6.03 Å². The number of likely N-dealkylation sites (tertiary alicyclic amines) is 1. The molecule has 0 aromatic heterocycles. The van der Waals surface area contributed by atoms with E-state index in [0.717, 1.165) is 5.56 Å². The highest BCUT2D eigenvalue weighted by molar-refractivity contribution is 5.98. The number of carbonyl (C=O) groups is 7. The molecule has 22 nitrogen and oxygen atoms in total. The zero-order chi connectivity index (χ0) is 55.3. The largest absolute Gasteiger partial charge is 0.379 e. The molecule has 2 rings (SSSR count). The minimum atomic E-state index is -1.03. The minimum absolute atomic E-state index is 0.00880. The summed E-state index contributed by atoms with van der Waals surface area (Å²) >= 11 is 0. The zero-order valence-corrected chi connectivity index (χ0v) is 45.6. The van der Waals surface area contributed by atoms with Gasteiger partial charge in [0.2, 0.25) is 35.4 Å². The Hall–Kier alpha value is -5.80. The standard InChI is InChI=1S/C51H87N13O9/c1-15-32(8)44(63(12)50(70)42(30(4)5)60-49(69)43(31(6)7)62(10)11)39(72-13)27-40(65)64-25-17-19-38(64)45(73-14)33(9)46(66)58-36(28-56-61-54)26-34-20-22-35(23-21-34)57-47(67)37(18-16-24-55-51(53)71)59-48(68)41(52)29(2)3/h20-23,30-33,36-39,41-45H,2,15-19,24-28,52H2,1,3-14H3,(H,57,67)(H,58,66)(H,59,68)(H,60,69)(H3,53,55,71)/t32-,33+,36-,37-,38-,39+,41-,42-,43-,44-,45+/m0/s1. The van der Waals surface area contributed by atoms with Crippen molar-refractivity contribution in [1.82, 2.24) is 36.0 Å². The lowest BCUT2D eigenvalue weighted by Gasteiger charge is -2.41. The average Bonchev–Trinajstić information content (AvgIpc) is 3.82. The van der Waals surface area contributed by atoms with Gasteiger partial charge in [-0.1, -0.05) is 84.3 Å². The second-order valence-corrected chi connectivity index (χ2v) is 20.3. The van der Waals surface area contributed by atoms with Crippen LogP contribution >= 0.6 is 0 Å². The number of ether oxygens (including phenoxy) is 2. The number of benzene rings is 1. The molecule has 11 atom stereocenters. The SMILES string of the molecule is C=C(C)[C@H](N)C(=O)N[C@@H](CCCNC(N)=O)C(=O)Nc1ccc(C[C@@H](CN=[N+]=[N-])NC(=O)[C@H](C)[C@@H](OC)[C@@H]2CCCN2C(=O)C[C@@H](OC)[C@H]([C@@H](C)CC)N(C)C(=O)[C@@H](NC(=O)[C@H](C(C)C)N(C)C)C(C)C)cc1. The monoisotopic (exact) mass is 1030 g/mol. The first-order chi connectivity index (χ1) is 34.3. The summed E-state index contributed by atoms with van der Waals surface area (Å²) in [6.45, 7) is 19.3. The van der Waals surface area contributed by atoms with E-state index in [1.807, 2.05) is 60.5 Å². The van der Waals surface area contributed by atoms with Gasteiger partial charge in [-0.2, -0.15) is 0 Å². The number of nitrogens with zero attached hydrogens (tertiary/aromatic N) is 6. The van der Waals surface area contributed by atoms with E-state index in [1.54, 1.807) is 55.0 Å². The Labute approximate surface area is 432 Å². The van der Waals surface area contributed by atoms with E-state index in [1.165, 1.54) is 14.2 Å². The third kappa shape index (κ3) is 19.2. The van der Waals surface area contributed by atoms with Crippen molar-refractivity contribution in [3.63, 3.8) is 0 Å². The molecule has 1 aliphatic rings. The van der Waals surface area contributed by atoms with E-state index >= 15 is 0 Å². The molecule has 0 spiro atoms. The highest BCUT2D eigenvalue weighted by Gasteiger charge is 2.43. The number of hydrogen-bond acceptors (Lipinski definition) is 12. The summed E-state index contributed by atoms with van der Waals surface area (Å²) in [5, 5.41) is 17.7. The Bertz CT molecular complexity index is 2040. The fraction of sp³-hybridized carbons (Fsp3) is 0.706. The first-order valence-corrected chi connectivity index (χ1v) is 25.4. The van der Waals surface area contributed by atoms with Crippen LogP contribution in [-0.2, 0) is 44.7 Å². The van der Waals surface area contributed by atoms with E-state index in [-0.39, 0.29) is 73.7 Å². The molecule has 1 fully saturated rings. The van der Waals surface area contributed by atoms with E-state index < -0.39 is 78.3 Å². The molecule has 410 valence electrons. The van der Waals surface area contributed by atoms with Gasteiger partial charge in [-0.05, 0) is 94.1 Å². The topological polar surface area (TPSA) is 309 Å². The van der Waals surface area contributed by atoms with Crippen LogP contribution in [0.3, 0.4) is 0 Å². The number of anilines is 1. The number of amides is 8. The average molecular weight is 1030 g/mol. The van der Waals surface area contributed by atoms with Crippen LogP contribution in [0.5, 0.6) is 0 Å². The molecule has 8 amide bonds. The number of nitrogens with one attached hydrogen (secondary N) is 5. The molecule has 0 unspecified atom stereocenters. The lowest BCUT2D eigenvalue weighted by Crippen LogP contribution is -2.59. The summed E-state index contributed by atoms with van der Waals surface area (Å²) in [7, 11) is 8.41. The number of hydrogen-bond donors (Lipinski definition) is 7. The molecule has 1 aromatic carbocycles. The number of urea groups is 1. The maximum Gasteiger partial charge on any atom is 0.312 e. The molecule has 9 N–H and O–H groups in total. The highest BCUT2D eigenvalue weighted by Crippen LogP contribution is 2.30. The molecule has 1 heterocycles. The van der Waals surface area contributed by atoms with Gasteiger partial charge in [0.25, 0.3) is 0 Å². The van der Waals surface area contributed by atoms with Gasteiger partial charge in [-0.25, -0.2) is 4.79 Å². The minimum Gasteiger partial charge on any atom is -0.379 e. The van der Waals surface area contributed by atoms with Gasteiger partial charge < -0.3 is 57.3 Å². The summed E-state index contributed by atoms with van der Waals surface area (Å²) in [6, 6.07) is 1.23. The van der Waals surface area contributed by atoms with Crippen molar-refractivity contribution in [3.8, 4) is 0 Å². The Morgan fingerprint density at radius 3 is 2.08 bits per heavy atom. The fourth-order valence-corrected chi connectivity index (χ4v) is 9.55. The normalized spacial score (nSPS) is 17.7. The molecule has 0 aliphatic carbocycles. The van der Waals surface area contributed by atoms with E-state index in [2.05, 4.69) is 43.2 Å². The van der Waals surface area contributed by atoms with Gasteiger partial charge in [0.05, 0.1) is 42.7 Å². The first-order valence-electron chi connectivity index (χ1n) is 25.4. The Balaban J connectivity index is 2.26. The molecule has 1 aromatic rings. The van der Waals surface area contributed by atoms with Crippen molar-refractivity contribution in [1.29, 1.82) is 0 Å². The van der Waals surface area contributed by atoms with Gasteiger partial charge in [0, 0.05) is 57.5 Å². The van der Waals surface area contributed by atoms with Crippen molar-refractivity contribution in [2.45, 2.75) is 155 Å². The second-order valence-electron chi connectivity index (χ2n) is 20.3. The van der Waals surface area contributed by atoms with Crippen molar-refractivity contribution in [2.75, 3.05) is 60.3 Å². The molecular formula is C51H87N13O9. The van der Waals surface area contributed by atoms with Crippen LogP contribution in [0.25, 0.3) is 10.4 Å². The number of rotatable bonds is 31. The van der Waals surface area contributed by atoms with Crippen LogP contribution in [0, 0.1) is 23.7 Å². The fourth-order valence-electron chi connectivity index (χ4n) is 9.55. The molecule has 1 aliphatic heterocycles. The van der Waals surface area contributed by atoms with E-state index in [4.69, 9.17) is 20.9 Å². The van der Waals surface area contributed by atoms with Crippen LogP contribution < -0.4 is 38.1 Å². The Morgan fingerprint density at radius 1 is 0.918 bits per heavy atom.